The molecule has 1 aliphatic rings. The van der Waals surface area contributed by atoms with Gasteiger partial charge in [-0.1, -0.05) is 55.1 Å². The van der Waals surface area contributed by atoms with Gasteiger partial charge in [0, 0.05) is 11.9 Å². The van der Waals surface area contributed by atoms with Gasteiger partial charge in [-0.25, -0.2) is 0 Å². The highest BCUT2D eigenvalue weighted by Crippen LogP contribution is 2.31. The third-order valence-corrected chi connectivity index (χ3v) is 6.87. The summed E-state index contributed by atoms with van der Waals surface area (Å²) < 4.78 is 8.15. The zero-order chi connectivity index (χ0) is 18.5. The normalized spacial score (nSPS) is 18.0. The van der Waals surface area contributed by atoms with Gasteiger partial charge < -0.3 is 4.74 Å². The number of ether oxygens (including phenoxy) is 1. The molecule has 0 N–H and O–H groups in total. The minimum Gasteiger partial charge on any atom is -0.376 e. The van der Waals surface area contributed by atoms with Crippen LogP contribution >= 0.6 is 23.1 Å². The number of rotatable bonds is 8. The van der Waals surface area contributed by atoms with Crippen molar-refractivity contribution >= 4 is 23.1 Å². The van der Waals surface area contributed by atoms with Crippen LogP contribution in [0.1, 0.15) is 31.7 Å². The predicted molar refractivity (Wildman–Crippen MR) is 112 cm³/mol. The molecule has 2 atom stereocenters. The highest BCUT2D eigenvalue weighted by Gasteiger charge is 2.23. The second-order valence-electron chi connectivity index (χ2n) is 6.98. The van der Waals surface area contributed by atoms with Crippen LogP contribution in [0.3, 0.4) is 0 Å². The maximum absolute atomic E-state index is 5.88. The quantitative estimate of drug-likeness (QED) is 0.482. The van der Waals surface area contributed by atoms with E-state index in [2.05, 4.69) is 69.5 Å². The van der Waals surface area contributed by atoms with Crippen molar-refractivity contribution in [3.63, 3.8) is 0 Å². The van der Waals surface area contributed by atoms with E-state index in [1.165, 1.54) is 10.4 Å². The molecule has 1 fully saturated rings. The third kappa shape index (κ3) is 4.81. The Morgan fingerprint density at radius 3 is 2.85 bits per heavy atom. The Balaban J connectivity index is 1.47. The highest BCUT2D eigenvalue weighted by atomic mass is 32.2. The fourth-order valence-electron chi connectivity index (χ4n) is 3.37. The lowest BCUT2D eigenvalue weighted by molar-refractivity contribution is 0.0953. The standard InChI is InChI=1S/C21H25N3OS2/c1-16(11-12-17-7-3-2-4-8-17)27-21-23-22-20(19-10-6-14-26-19)24(21)15-18-9-5-13-25-18/h2-4,6-8,10,14,16,18H,5,9,11-13,15H2,1H3. The van der Waals surface area contributed by atoms with Crippen molar-refractivity contribution in [3.05, 3.63) is 53.4 Å². The molecule has 1 aromatic carbocycles. The molecule has 3 aromatic rings. The van der Waals surface area contributed by atoms with E-state index in [1.54, 1.807) is 11.3 Å². The van der Waals surface area contributed by atoms with Gasteiger partial charge in [0.05, 0.1) is 17.5 Å². The molecule has 0 radical (unpaired) electrons. The molecule has 2 aromatic heterocycles. The van der Waals surface area contributed by atoms with Crippen LogP contribution in [-0.2, 0) is 17.7 Å². The third-order valence-electron chi connectivity index (χ3n) is 4.86. The zero-order valence-electron chi connectivity index (χ0n) is 15.6. The second-order valence-corrected chi connectivity index (χ2v) is 9.34. The van der Waals surface area contributed by atoms with E-state index in [-0.39, 0.29) is 6.10 Å². The van der Waals surface area contributed by atoms with Gasteiger partial charge in [-0.2, -0.15) is 0 Å². The smallest absolute Gasteiger partial charge is 0.191 e. The van der Waals surface area contributed by atoms with Crippen LogP contribution in [0.4, 0.5) is 0 Å². The van der Waals surface area contributed by atoms with Crippen molar-refractivity contribution in [3.8, 4) is 10.7 Å². The summed E-state index contributed by atoms with van der Waals surface area (Å²) in [7, 11) is 0. The highest BCUT2D eigenvalue weighted by molar-refractivity contribution is 7.99. The van der Waals surface area contributed by atoms with Gasteiger partial charge in [-0.3, -0.25) is 4.57 Å². The van der Waals surface area contributed by atoms with E-state index in [4.69, 9.17) is 4.74 Å². The number of aromatic nitrogens is 3. The van der Waals surface area contributed by atoms with E-state index < -0.39 is 0 Å². The van der Waals surface area contributed by atoms with E-state index in [0.717, 1.165) is 49.8 Å². The number of nitrogens with zero attached hydrogens (tertiary/aromatic N) is 3. The SMILES string of the molecule is CC(CCc1ccccc1)Sc1nnc(-c2cccs2)n1CC1CCCO1. The van der Waals surface area contributed by atoms with Gasteiger partial charge >= 0.3 is 0 Å². The Labute approximate surface area is 169 Å². The maximum atomic E-state index is 5.88. The van der Waals surface area contributed by atoms with Crippen LogP contribution in [0.2, 0.25) is 0 Å². The summed E-state index contributed by atoms with van der Waals surface area (Å²) >= 11 is 3.54. The van der Waals surface area contributed by atoms with Gasteiger partial charge in [0.15, 0.2) is 11.0 Å². The molecular weight excluding hydrogens is 374 g/mol. The fraction of sp³-hybridized carbons (Fsp3) is 0.429. The molecule has 0 bridgehead atoms. The predicted octanol–water partition coefficient (Wildman–Crippen LogP) is 5.30. The van der Waals surface area contributed by atoms with Crippen LogP contribution in [0, 0.1) is 0 Å². The topological polar surface area (TPSA) is 39.9 Å². The number of thioether (sulfide) groups is 1. The van der Waals surface area contributed by atoms with Crippen molar-refractivity contribution in [2.24, 2.45) is 0 Å². The van der Waals surface area contributed by atoms with Crippen molar-refractivity contribution < 1.29 is 4.74 Å². The molecule has 2 unspecified atom stereocenters. The number of hydrogen-bond donors (Lipinski definition) is 0. The first-order valence-corrected chi connectivity index (χ1v) is 11.3. The summed E-state index contributed by atoms with van der Waals surface area (Å²) in [4.78, 5) is 1.17. The molecule has 27 heavy (non-hydrogen) atoms. The summed E-state index contributed by atoms with van der Waals surface area (Å²) in [6.45, 7) is 3.99. The van der Waals surface area contributed by atoms with Crippen molar-refractivity contribution in [1.82, 2.24) is 14.8 Å². The first-order chi connectivity index (χ1) is 13.3. The van der Waals surface area contributed by atoms with Gasteiger partial charge in [0.2, 0.25) is 0 Å². The fourth-order valence-corrected chi connectivity index (χ4v) is 5.06. The molecule has 0 saturated carbocycles. The van der Waals surface area contributed by atoms with Crippen molar-refractivity contribution in [2.75, 3.05) is 6.61 Å². The second kappa shape index (κ2) is 9.04. The molecule has 1 aliphatic heterocycles. The first kappa shape index (κ1) is 18.7. The maximum Gasteiger partial charge on any atom is 0.191 e. The Bertz CT molecular complexity index is 827. The van der Waals surface area contributed by atoms with Crippen LogP contribution in [0.5, 0.6) is 0 Å². The van der Waals surface area contributed by atoms with Crippen LogP contribution in [0.15, 0.2) is 53.0 Å². The van der Waals surface area contributed by atoms with E-state index in [9.17, 15) is 0 Å². The Kier molecular flexibility index (Phi) is 6.27. The summed E-state index contributed by atoms with van der Waals surface area (Å²) in [6.07, 6.45) is 4.76. The average Bonchev–Trinajstić information content (AvgIpc) is 3.44. The van der Waals surface area contributed by atoms with Gasteiger partial charge in [0.25, 0.3) is 0 Å². The largest absolute Gasteiger partial charge is 0.376 e. The number of aryl methyl sites for hydroxylation is 1. The number of thiophene rings is 1. The molecule has 3 heterocycles. The molecule has 0 amide bonds. The lowest BCUT2D eigenvalue weighted by atomic mass is 10.1. The summed E-state index contributed by atoms with van der Waals surface area (Å²) in [5.41, 5.74) is 1.39. The van der Waals surface area contributed by atoms with Crippen molar-refractivity contribution in [1.29, 1.82) is 0 Å². The number of hydrogen-bond acceptors (Lipinski definition) is 5. The van der Waals surface area contributed by atoms with E-state index in [0.29, 0.717) is 5.25 Å². The summed E-state index contributed by atoms with van der Waals surface area (Å²) in [5.74, 6) is 0.971. The molecule has 0 aliphatic carbocycles. The minimum absolute atomic E-state index is 0.277. The molecule has 6 heteroatoms. The first-order valence-electron chi connectivity index (χ1n) is 9.59. The molecular formula is C21H25N3OS2. The Morgan fingerprint density at radius 1 is 1.22 bits per heavy atom. The van der Waals surface area contributed by atoms with Crippen molar-refractivity contribution in [2.45, 2.75) is 55.7 Å². The van der Waals surface area contributed by atoms with Crippen LogP contribution in [-0.4, -0.2) is 32.7 Å². The monoisotopic (exact) mass is 399 g/mol. The van der Waals surface area contributed by atoms with Gasteiger partial charge in [0.1, 0.15) is 0 Å². The lowest BCUT2D eigenvalue weighted by Gasteiger charge is -2.16. The van der Waals surface area contributed by atoms with E-state index >= 15 is 0 Å². The van der Waals surface area contributed by atoms with Gasteiger partial charge in [-0.05, 0) is 42.7 Å². The van der Waals surface area contributed by atoms with Crippen LogP contribution in [0.25, 0.3) is 10.7 Å². The average molecular weight is 400 g/mol. The molecule has 142 valence electrons. The van der Waals surface area contributed by atoms with Crippen LogP contribution < -0.4 is 0 Å². The Morgan fingerprint density at radius 2 is 2.11 bits per heavy atom. The minimum atomic E-state index is 0.277. The summed E-state index contributed by atoms with van der Waals surface area (Å²) in [6, 6.07) is 14.9. The molecule has 0 spiro atoms. The molecule has 1 saturated heterocycles. The van der Waals surface area contributed by atoms with E-state index in [1.807, 2.05) is 11.8 Å². The zero-order valence-corrected chi connectivity index (χ0v) is 17.2. The Hall–Kier alpha value is -1.63. The lowest BCUT2D eigenvalue weighted by Crippen LogP contribution is -2.17. The number of benzene rings is 1. The van der Waals surface area contributed by atoms with Gasteiger partial charge in [-0.15, -0.1) is 21.5 Å². The summed E-state index contributed by atoms with van der Waals surface area (Å²) in [5, 5.41) is 12.6. The molecule has 4 rings (SSSR count). The molecule has 4 nitrogen and oxygen atoms in total.